The molecule has 1 unspecified atom stereocenters. The molecule has 6 aromatic rings. The average molecular weight is 1730 g/mol. The number of nitrogens with one attached hydrogen (secondary N) is 14. The number of Topliss-reactive ketones (excluding diaryl/α,β-unsaturated/α-hetero) is 1. The van der Waals surface area contributed by atoms with Gasteiger partial charge in [-0.1, -0.05) is 91.9 Å². The van der Waals surface area contributed by atoms with Crippen molar-refractivity contribution in [2.45, 2.75) is 151 Å². The number of aliphatic hydroxyl groups is 1. The number of hydrogen-bond donors (Lipinski definition) is 22. The Morgan fingerprint density at radius 1 is 0.528 bits per heavy atom. The summed E-state index contributed by atoms with van der Waals surface area (Å²) >= 11 is 1.07. The van der Waals surface area contributed by atoms with Crippen molar-refractivity contribution in [2.24, 2.45) is 17.4 Å². The van der Waals surface area contributed by atoms with Crippen molar-refractivity contribution >= 4 is 146 Å². The number of aliphatic hydroxyl groups excluding tert-OH is 1. The fourth-order valence-electron chi connectivity index (χ4n) is 12.5. The topological polar surface area (TPSA) is 702 Å². The maximum atomic E-state index is 14.9. The second kappa shape index (κ2) is 45.6. The number of rotatable bonds is 30. The number of amides is 14. The number of benzene rings is 4. The molecule has 0 aliphatic carbocycles. The molecule has 3 heterocycles. The SMILES string of the molecule is C[C@H](CC(=O)O)[C@@H]1NC(=O)[C@@H](CO)NC(=O)CNC(=O)[C@H](CC(=O)O)NC(=O)[C@@H](C)NC(=O)[C@H](CC(=O)O)NC(=O)[C@H](CCCN)NC(=O)CNC(=O)[C@@H](NC(=O)[C@H](CC(=O)O)NC(=O)[C@@H](CC(N)=O)NC(=O)C(Cc2c[nH]c3ccccc23)NC(=O)c2ccc(-c3ccc(-c4ccccc4)cc3)s2)[C@@H](C)OC(=O)[C@H](CC(=O)c2ccccc2N)NC1=O. The van der Waals surface area contributed by atoms with Gasteiger partial charge in [0.15, 0.2) is 5.78 Å². The van der Waals surface area contributed by atoms with Gasteiger partial charge in [0.25, 0.3) is 5.91 Å². The third-order valence-corrected chi connectivity index (χ3v) is 20.1. The number of aromatic nitrogens is 1. The molecule has 123 heavy (non-hydrogen) atoms. The molecule has 1 aliphatic rings. The number of hydrogen-bond acceptors (Lipinski definition) is 25. The van der Waals surface area contributed by atoms with Gasteiger partial charge < -0.3 is 122 Å². The zero-order chi connectivity index (χ0) is 90.5. The number of carbonyl (C=O) groups is 20. The molecule has 44 heteroatoms. The molecule has 1 fully saturated rings. The first-order chi connectivity index (χ1) is 58.3. The number of ether oxygens (including phenoxy) is 1. The quantitative estimate of drug-likeness (QED) is 0.0116. The lowest BCUT2D eigenvalue weighted by atomic mass is 9.96. The van der Waals surface area contributed by atoms with Crippen LogP contribution >= 0.6 is 11.3 Å². The van der Waals surface area contributed by atoms with E-state index in [0.717, 1.165) is 48.8 Å². The Hall–Kier alpha value is -14.6. The second-order valence-corrected chi connectivity index (χ2v) is 29.5. The first-order valence-corrected chi connectivity index (χ1v) is 38.9. The van der Waals surface area contributed by atoms with Gasteiger partial charge in [-0.15, -0.1) is 11.3 Å². The molecule has 43 nitrogen and oxygen atoms in total. The van der Waals surface area contributed by atoms with Gasteiger partial charge in [-0.2, -0.15) is 0 Å². The van der Waals surface area contributed by atoms with E-state index < -0.39 is 261 Å². The van der Waals surface area contributed by atoms with Gasteiger partial charge in [0, 0.05) is 46.1 Å². The third kappa shape index (κ3) is 28.9. The lowest BCUT2D eigenvalue weighted by Gasteiger charge is -2.30. The summed E-state index contributed by atoms with van der Waals surface area (Å²) in [5, 5.41) is 78.9. The van der Waals surface area contributed by atoms with Crippen LogP contribution in [-0.2, 0) is 97.5 Å². The number of carbonyl (C=O) groups excluding carboxylic acids is 16. The van der Waals surface area contributed by atoms with E-state index in [0.29, 0.717) is 21.3 Å². The highest BCUT2D eigenvalue weighted by atomic mass is 32.1. The molecule has 25 N–H and O–H groups in total. The Kier molecular flexibility index (Phi) is 35.4. The fourth-order valence-corrected chi connectivity index (χ4v) is 13.4. The zero-order valence-corrected chi connectivity index (χ0v) is 67.0. The molecular weight excluding hydrogens is 1640 g/mol. The summed E-state index contributed by atoms with van der Waals surface area (Å²) in [6.07, 6.45) is -8.54. The van der Waals surface area contributed by atoms with E-state index in [1.54, 1.807) is 36.5 Å². The van der Waals surface area contributed by atoms with Crippen molar-refractivity contribution in [3.05, 3.63) is 137 Å². The molecule has 0 bridgehead atoms. The standard InChI is InChI=1S/C79H93N17O26S/c1-37(26-62(102)103)66-78(120)94-54(28-56(98)45-15-7-9-16-46(45)81)79(121)122-39(3)67(77(119)85-35-60(100)87-48(18-11-25-80)70(112)91-52(31-64(106)107)71(113)86-38(2)68(110)89-51(30-63(104)105)69(111)84-34-61(101)88-55(36-97)75(117)95-66)96-74(116)53(32-65(108)109)92-73(115)50(29-59(82)99)90-72(114)49(27-43-33-83-47-17-10-8-14-44(43)47)93-76(118)58-24-23-57(123-58)42-21-19-41(20-22-42)40-12-5-4-6-13-40/h4-10,12-17,19-24,33,37-39,48-55,66-67,83,97H,11,18,25-32,34-36,80-81H2,1-3H3,(H2,82,99)(H,84,111)(H,85,119)(H,86,113)(H,87,100)(H,88,101)(H,89,110)(H,90,114)(H,91,112)(H,92,115)(H,93,118)(H,94,120)(H,95,117)(H,96,116)(H,102,103)(H,104,105)(H,106,107)(H,108,109)/t37-,38-,39-,48+,49?,50-,51+,52+,53+,54+,55-,66+,67+/m1/s1. The van der Waals surface area contributed by atoms with Crippen LogP contribution in [-0.4, -0.2) is 248 Å². The average Bonchev–Trinajstić information content (AvgIpc) is 1.52. The minimum atomic E-state index is -2.47. The number of fused-ring (bicyclic) bond motifs is 1. The molecule has 0 spiro atoms. The lowest BCUT2D eigenvalue weighted by molar-refractivity contribution is -0.156. The predicted molar refractivity (Wildman–Crippen MR) is 432 cm³/mol. The number of esters is 1. The van der Waals surface area contributed by atoms with Crippen LogP contribution in [0.1, 0.15) is 97.7 Å². The number of nitrogen functional groups attached to an aromatic ring is 1. The lowest BCUT2D eigenvalue weighted by Crippen LogP contribution is -2.62. The summed E-state index contributed by atoms with van der Waals surface area (Å²) < 4.78 is 5.70. The Bertz CT molecular complexity index is 4960. The predicted octanol–water partition coefficient (Wildman–Crippen LogP) is -4.05. The van der Waals surface area contributed by atoms with Crippen LogP contribution < -0.4 is 86.3 Å². The molecule has 13 atom stereocenters. The van der Waals surface area contributed by atoms with Gasteiger partial charge in [-0.3, -0.25) is 91.1 Å². The smallest absolute Gasteiger partial charge is 0.329 e. The molecule has 1 saturated heterocycles. The number of cyclic esters (lactones) is 1. The normalized spacial score (nSPS) is 20.5. The number of para-hydroxylation sites is 2. The number of carboxylic acid groups (broad SMARTS) is 4. The van der Waals surface area contributed by atoms with Gasteiger partial charge in [0.1, 0.15) is 72.6 Å². The summed E-state index contributed by atoms with van der Waals surface area (Å²) in [6.45, 7) is -1.00. The van der Waals surface area contributed by atoms with Crippen LogP contribution in [0.25, 0.3) is 32.5 Å². The maximum Gasteiger partial charge on any atom is 0.329 e. The Labute approximate surface area is 703 Å². The zero-order valence-electron chi connectivity index (χ0n) is 66.2. The van der Waals surface area contributed by atoms with E-state index in [2.05, 4.69) is 58.2 Å². The number of aliphatic carboxylic acids is 4. The molecular formula is C79H93N17O26S. The van der Waals surface area contributed by atoms with Crippen LogP contribution in [0.15, 0.2) is 121 Å². The van der Waals surface area contributed by atoms with Crippen LogP contribution in [0.5, 0.6) is 0 Å². The van der Waals surface area contributed by atoms with Crippen molar-refractivity contribution in [3.63, 3.8) is 0 Å². The summed E-state index contributed by atoms with van der Waals surface area (Å²) in [4.78, 5) is 279. The van der Waals surface area contributed by atoms with Crippen molar-refractivity contribution < 1.29 is 126 Å². The number of carboxylic acids is 4. The number of ketones is 1. The number of primary amides is 1. The van der Waals surface area contributed by atoms with Gasteiger partial charge in [-0.25, -0.2) is 4.79 Å². The van der Waals surface area contributed by atoms with Gasteiger partial charge in [0.05, 0.1) is 56.7 Å². The first-order valence-electron chi connectivity index (χ1n) is 38.1. The summed E-state index contributed by atoms with van der Waals surface area (Å²) in [5.41, 5.74) is 20.7. The van der Waals surface area contributed by atoms with Crippen LogP contribution in [0.3, 0.4) is 0 Å². The molecule has 14 amide bonds. The van der Waals surface area contributed by atoms with Gasteiger partial charge in [-0.05, 0) is 91.7 Å². The van der Waals surface area contributed by atoms with Crippen molar-refractivity contribution in [1.82, 2.24) is 74.1 Å². The van der Waals surface area contributed by atoms with E-state index >= 15 is 0 Å². The van der Waals surface area contributed by atoms with E-state index in [1.807, 2.05) is 70.5 Å². The molecule has 0 radical (unpaired) electrons. The van der Waals surface area contributed by atoms with E-state index in [-0.39, 0.29) is 35.5 Å². The number of aromatic amines is 1. The summed E-state index contributed by atoms with van der Waals surface area (Å²) in [7, 11) is 0. The first kappa shape index (κ1) is 95.6. The van der Waals surface area contributed by atoms with E-state index in [4.69, 9.17) is 21.9 Å². The highest BCUT2D eigenvalue weighted by Gasteiger charge is 2.41. The minimum absolute atomic E-state index is 0.103. The molecule has 656 valence electrons. The third-order valence-electron chi connectivity index (χ3n) is 18.9. The monoisotopic (exact) mass is 1730 g/mol. The molecule has 1 aliphatic heterocycles. The molecule has 7 rings (SSSR count). The van der Waals surface area contributed by atoms with Gasteiger partial charge in [0.2, 0.25) is 76.8 Å². The van der Waals surface area contributed by atoms with E-state index in [9.17, 15) is 121 Å². The molecule has 2 aromatic heterocycles. The van der Waals surface area contributed by atoms with Gasteiger partial charge >= 0.3 is 29.8 Å². The number of nitrogens with two attached hydrogens (primary N) is 3. The maximum absolute atomic E-state index is 14.9. The van der Waals surface area contributed by atoms with Crippen LogP contribution in [0, 0.1) is 5.92 Å². The van der Waals surface area contributed by atoms with Crippen molar-refractivity contribution in [1.29, 1.82) is 0 Å². The van der Waals surface area contributed by atoms with Crippen LogP contribution in [0.2, 0.25) is 0 Å². The van der Waals surface area contributed by atoms with E-state index in [1.165, 1.54) is 30.3 Å². The van der Waals surface area contributed by atoms with Crippen molar-refractivity contribution in [2.75, 3.05) is 32.0 Å². The largest absolute Gasteiger partial charge is 0.481 e. The minimum Gasteiger partial charge on any atom is -0.481 e. The van der Waals surface area contributed by atoms with Crippen LogP contribution in [0.4, 0.5) is 5.69 Å². The Morgan fingerprint density at radius 2 is 1.07 bits per heavy atom. The Morgan fingerprint density at radius 3 is 1.69 bits per heavy atom. The van der Waals surface area contributed by atoms with Crippen molar-refractivity contribution in [3.8, 4) is 21.6 Å². The molecule has 0 saturated carbocycles. The highest BCUT2D eigenvalue weighted by Crippen LogP contribution is 2.31. The second-order valence-electron chi connectivity index (χ2n) is 28.4. The number of thiophene rings is 1. The Balaban J connectivity index is 1.25. The number of anilines is 1. The highest BCUT2D eigenvalue weighted by molar-refractivity contribution is 7.17. The summed E-state index contributed by atoms with van der Waals surface area (Å²) in [5.74, 6) is -30.2. The summed E-state index contributed by atoms with van der Waals surface area (Å²) in [6, 6.07) is 9.32. The fraction of sp³-hybridized carbons (Fsp3) is 0.367. The number of H-pyrrole nitrogens is 1. The molecule has 4 aromatic carbocycles.